The van der Waals surface area contributed by atoms with Gasteiger partial charge in [-0.3, -0.25) is 9.69 Å². The van der Waals surface area contributed by atoms with Crippen LogP contribution in [0.4, 0.5) is 0 Å². The Morgan fingerprint density at radius 2 is 2.17 bits per heavy atom. The Morgan fingerprint density at radius 3 is 2.71 bits per heavy atom. The van der Waals surface area contributed by atoms with Crippen LogP contribution in [0.2, 0.25) is 0 Å². The number of rotatable bonds is 7. The van der Waals surface area contributed by atoms with Gasteiger partial charge in [-0.15, -0.1) is 10.2 Å². The maximum absolute atomic E-state index is 12.2. The first-order valence-corrected chi connectivity index (χ1v) is 10.6. The van der Waals surface area contributed by atoms with Gasteiger partial charge in [-0.2, -0.15) is 0 Å². The molecule has 1 amide bonds. The summed E-state index contributed by atoms with van der Waals surface area (Å²) in [5, 5.41) is 10.7. The summed E-state index contributed by atoms with van der Waals surface area (Å²) in [6.07, 6.45) is 1.31. The number of carbonyl (C=O) groups excluding carboxylic acids is 1. The van der Waals surface area contributed by atoms with Gasteiger partial charge in [0.05, 0.1) is 22.8 Å². The monoisotopic (exact) mass is 376 g/mol. The van der Waals surface area contributed by atoms with Crippen LogP contribution >= 0.6 is 11.8 Å². The molecule has 1 aliphatic rings. The lowest BCUT2D eigenvalue weighted by Gasteiger charge is -2.18. The maximum Gasteiger partial charge on any atom is 0.277 e. The zero-order valence-corrected chi connectivity index (χ0v) is 16.0. The molecule has 1 aliphatic heterocycles. The summed E-state index contributed by atoms with van der Waals surface area (Å²) in [5.41, 5.74) is 0. The predicted octanol–water partition coefficient (Wildman–Crippen LogP) is 0.866. The third-order valence-electron chi connectivity index (χ3n) is 3.94. The normalized spacial score (nSPS) is 22.5. The van der Waals surface area contributed by atoms with Crippen molar-refractivity contribution in [2.45, 2.75) is 49.2 Å². The summed E-state index contributed by atoms with van der Waals surface area (Å²) < 4.78 is 28.5. The first-order chi connectivity index (χ1) is 11.2. The maximum atomic E-state index is 12.2. The lowest BCUT2D eigenvalue weighted by molar-refractivity contribution is -0.120. The van der Waals surface area contributed by atoms with Gasteiger partial charge in [-0.05, 0) is 33.9 Å². The minimum absolute atomic E-state index is 0.0157. The highest BCUT2D eigenvalue weighted by atomic mass is 32.2. The molecule has 136 valence electrons. The van der Waals surface area contributed by atoms with Crippen LogP contribution in [0.15, 0.2) is 9.64 Å². The van der Waals surface area contributed by atoms with Crippen molar-refractivity contribution >= 4 is 27.5 Å². The second kappa shape index (κ2) is 7.83. The second-order valence-corrected chi connectivity index (χ2v) is 9.68. The highest BCUT2D eigenvalue weighted by Crippen LogP contribution is 2.27. The van der Waals surface area contributed by atoms with Crippen molar-refractivity contribution in [3.63, 3.8) is 0 Å². The minimum atomic E-state index is -3.01. The summed E-state index contributed by atoms with van der Waals surface area (Å²) >= 11 is 1.18. The molecule has 1 fully saturated rings. The molecule has 0 bridgehead atoms. The fourth-order valence-electron chi connectivity index (χ4n) is 2.60. The molecule has 1 saturated heterocycles. The van der Waals surface area contributed by atoms with E-state index >= 15 is 0 Å². The van der Waals surface area contributed by atoms with Crippen LogP contribution in [-0.2, 0) is 14.6 Å². The SMILES string of the molecule is CC[C@@H](c1nnc(S[C@H](C)C(=O)N[C@@H]2CCS(=O)(=O)C2)o1)N(C)C. The Kier molecular flexibility index (Phi) is 6.27. The quantitative estimate of drug-likeness (QED) is 0.699. The number of hydrogen-bond donors (Lipinski definition) is 1. The van der Waals surface area contributed by atoms with Crippen LogP contribution in [0.5, 0.6) is 0 Å². The summed E-state index contributed by atoms with van der Waals surface area (Å²) in [6.45, 7) is 3.77. The largest absolute Gasteiger partial charge is 0.414 e. The molecule has 24 heavy (non-hydrogen) atoms. The van der Waals surface area contributed by atoms with Crippen LogP contribution in [0.25, 0.3) is 0 Å². The molecule has 0 spiro atoms. The van der Waals surface area contributed by atoms with Crippen LogP contribution < -0.4 is 5.32 Å². The van der Waals surface area contributed by atoms with Crippen molar-refractivity contribution in [3.05, 3.63) is 5.89 Å². The van der Waals surface area contributed by atoms with Crippen LogP contribution in [0.1, 0.15) is 38.6 Å². The molecule has 1 aromatic heterocycles. The fraction of sp³-hybridized carbons (Fsp3) is 0.786. The molecular formula is C14H24N4O4S2. The van der Waals surface area contributed by atoms with Gasteiger partial charge in [-0.1, -0.05) is 18.7 Å². The molecule has 0 radical (unpaired) electrons. The zero-order chi connectivity index (χ0) is 17.9. The van der Waals surface area contributed by atoms with E-state index in [0.29, 0.717) is 17.5 Å². The molecule has 0 aliphatic carbocycles. The molecule has 2 rings (SSSR count). The average molecular weight is 377 g/mol. The van der Waals surface area contributed by atoms with E-state index in [4.69, 9.17) is 4.42 Å². The Hall–Kier alpha value is -1.13. The number of hydrogen-bond acceptors (Lipinski definition) is 8. The number of aromatic nitrogens is 2. The van der Waals surface area contributed by atoms with Gasteiger partial charge in [-0.25, -0.2) is 8.42 Å². The molecule has 8 nitrogen and oxygen atoms in total. The lowest BCUT2D eigenvalue weighted by Crippen LogP contribution is -2.39. The topological polar surface area (TPSA) is 105 Å². The lowest BCUT2D eigenvalue weighted by atomic mass is 10.2. The molecule has 1 aromatic rings. The molecular weight excluding hydrogens is 352 g/mol. The van der Waals surface area contributed by atoms with E-state index in [-0.39, 0.29) is 29.5 Å². The number of carbonyl (C=O) groups is 1. The van der Waals surface area contributed by atoms with Crippen LogP contribution in [0.3, 0.4) is 0 Å². The molecule has 2 heterocycles. The van der Waals surface area contributed by atoms with Gasteiger partial charge in [0.25, 0.3) is 5.22 Å². The predicted molar refractivity (Wildman–Crippen MR) is 91.5 cm³/mol. The average Bonchev–Trinajstić information content (AvgIpc) is 3.06. The van der Waals surface area contributed by atoms with Crippen LogP contribution in [0, 0.1) is 0 Å². The number of sulfone groups is 1. The van der Waals surface area contributed by atoms with Gasteiger partial charge >= 0.3 is 0 Å². The smallest absolute Gasteiger partial charge is 0.277 e. The Morgan fingerprint density at radius 1 is 1.46 bits per heavy atom. The fourth-order valence-corrected chi connectivity index (χ4v) is 4.97. The standard InChI is InChI=1S/C14H24N4O4S2/c1-5-11(18(3)4)13-16-17-14(22-13)23-9(2)12(19)15-10-6-7-24(20,21)8-10/h9-11H,5-8H2,1-4H3,(H,15,19)/t9-,10-,11+/m1/s1. The van der Waals surface area contributed by atoms with Crippen molar-refractivity contribution in [3.8, 4) is 0 Å². The van der Waals surface area contributed by atoms with Gasteiger partial charge in [0, 0.05) is 6.04 Å². The van der Waals surface area contributed by atoms with Crippen molar-refractivity contribution in [2.75, 3.05) is 25.6 Å². The molecule has 0 unspecified atom stereocenters. The minimum Gasteiger partial charge on any atom is -0.414 e. The molecule has 0 aromatic carbocycles. The Balaban J connectivity index is 1.91. The van der Waals surface area contributed by atoms with Crippen molar-refractivity contribution < 1.29 is 17.6 Å². The van der Waals surface area contributed by atoms with Crippen molar-refractivity contribution in [1.29, 1.82) is 0 Å². The first-order valence-electron chi connectivity index (χ1n) is 7.89. The summed E-state index contributed by atoms with van der Waals surface area (Å²) in [5.74, 6) is 0.457. The summed E-state index contributed by atoms with van der Waals surface area (Å²) in [6, 6.07) is -0.262. The van der Waals surface area contributed by atoms with Crippen molar-refractivity contribution in [2.24, 2.45) is 0 Å². The molecule has 0 saturated carbocycles. The number of thioether (sulfide) groups is 1. The summed E-state index contributed by atoms with van der Waals surface area (Å²) in [4.78, 5) is 14.2. The first kappa shape index (κ1) is 19.2. The third kappa shape index (κ3) is 4.93. The number of nitrogens with one attached hydrogen (secondary N) is 1. The van der Waals surface area contributed by atoms with Gasteiger partial charge < -0.3 is 9.73 Å². The van der Waals surface area contributed by atoms with E-state index in [1.165, 1.54) is 11.8 Å². The van der Waals surface area contributed by atoms with E-state index in [9.17, 15) is 13.2 Å². The highest BCUT2D eigenvalue weighted by molar-refractivity contribution is 8.00. The van der Waals surface area contributed by atoms with Gasteiger partial charge in [0.15, 0.2) is 9.84 Å². The van der Waals surface area contributed by atoms with Crippen molar-refractivity contribution in [1.82, 2.24) is 20.4 Å². The Labute approximate surface area is 146 Å². The number of nitrogens with zero attached hydrogens (tertiary/aromatic N) is 3. The number of amides is 1. The van der Waals surface area contributed by atoms with E-state index < -0.39 is 15.1 Å². The molecule has 10 heteroatoms. The van der Waals surface area contributed by atoms with E-state index in [1.54, 1.807) is 6.92 Å². The van der Waals surface area contributed by atoms with E-state index in [0.717, 1.165) is 6.42 Å². The second-order valence-electron chi connectivity index (χ2n) is 6.16. The highest BCUT2D eigenvalue weighted by Gasteiger charge is 2.30. The van der Waals surface area contributed by atoms with Crippen LogP contribution in [-0.4, -0.2) is 66.3 Å². The summed E-state index contributed by atoms with van der Waals surface area (Å²) in [7, 11) is 0.873. The molecule has 1 N–H and O–H groups in total. The zero-order valence-electron chi connectivity index (χ0n) is 14.4. The van der Waals surface area contributed by atoms with Gasteiger partial charge in [0.1, 0.15) is 0 Å². The third-order valence-corrected chi connectivity index (χ3v) is 6.65. The Bertz CT molecular complexity index is 674. The van der Waals surface area contributed by atoms with E-state index in [1.807, 2.05) is 25.9 Å². The molecule has 3 atom stereocenters. The van der Waals surface area contributed by atoms with Gasteiger partial charge in [0.2, 0.25) is 11.8 Å². The van der Waals surface area contributed by atoms with E-state index in [2.05, 4.69) is 15.5 Å².